The van der Waals surface area contributed by atoms with Crippen LogP contribution in [0.15, 0.2) is 46.6 Å². The number of carbonyl (C=O) groups is 2. The normalized spacial score (nSPS) is 17.9. The summed E-state index contributed by atoms with van der Waals surface area (Å²) in [4.78, 5) is 24.6. The second-order valence-corrected chi connectivity index (χ2v) is 8.02. The maximum Gasteiger partial charge on any atom is 0.240 e. The quantitative estimate of drug-likeness (QED) is 0.557. The summed E-state index contributed by atoms with van der Waals surface area (Å²) in [6.45, 7) is 5.32. The third-order valence-electron chi connectivity index (χ3n) is 4.50. The maximum absolute atomic E-state index is 13.8. The van der Waals surface area contributed by atoms with E-state index in [4.69, 9.17) is 0 Å². The summed E-state index contributed by atoms with van der Waals surface area (Å²) in [5.41, 5.74) is 2.95. The van der Waals surface area contributed by atoms with Crippen LogP contribution in [-0.4, -0.2) is 27.9 Å². The van der Waals surface area contributed by atoms with Crippen LogP contribution in [0.5, 0.6) is 0 Å². The number of thioether (sulfide) groups is 1. The topological polar surface area (TPSA) is 82.9 Å². The van der Waals surface area contributed by atoms with E-state index in [1.165, 1.54) is 13.0 Å². The molecule has 9 heteroatoms. The molecule has 0 aromatic heterocycles. The van der Waals surface area contributed by atoms with Gasteiger partial charge in [0.05, 0.1) is 5.71 Å². The summed E-state index contributed by atoms with van der Waals surface area (Å²) in [6.07, 6.45) is -0.0292. The minimum absolute atomic E-state index is 0.0292. The molecule has 1 heterocycles. The second-order valence-electron chi connectivity index (χ2n) is 6.83. The largest absolute Gasteiger partial charge is 0.326 e. The Bertz CT molecular complexity index is 1050. The fourth-order valence-electron chi connectivity index (χ4n) is 2.91. The number of benzene rings is 2. The van der Waals surface area contributed by atoms with E-state index in [2.05, 4.69) is 20.8 Å². The van der Waals surface area contributed by atoms with Crippen LogP contribution in [0.2, 0.25) is 0 Å². The molecule has 0 unspecified atom stereocenters. The van der Waals surface area contributed by atoms with Gasteiger partial charge < -0.3 is 10.6 Å². The van der Waals surface area contributed by atoms with Crippen LogP contribution in [0, 0.1) is 25.5 Å². The van der Waals surface area contributed by atoms with Crippen molar-refractivity contribution in [3.8, 4) is 0 Å². The summed E-state index contributed by atoms with van der Waals surface area (Å²) in [6, 6.07) is 8.86. The number of aryl methyl sites for hydroxylation is 2. The molecule has 1 atom stereocenters. The Morgan fingerprint density at radius 2 is 1.90 bits per heavy atom. The van der Waals surface area contributed by atoms with Gasteiger partial charge in [-0.2, -0.15) is 5.10 Å². The van der Waals surface area contributed by atoms with Gasteiger partial charge in [0, 0.05) is 23.7 Å². The molecular formula is C21H20F2N4O2S. The van der Waals surface area contributed by atoms with E-state index in [0.717, 1.165) is 40.7 Å². The molecule has 156 valence electrons. The van der Waals surface area contributed by atoms with Gasteiger partial charge in [0.15, 0.2) is 5.17 Å². The highest BCUT2D eigenvalue weighted by Gasteiger charge is 2.32. The fourth-order valence-corrected chi connectivity index (χ4v) is 3.83. The highest BCUT2D eigenvalue weighted by atomic mass is 32.2. The van der Waals surface area contributed by atoms with Crippen LogP contribution in [0.1, 0.15) is 30.0 Å². The van der Waals surface area contributed by atoms with E-state index in [0.29, 0.717) is 0 Å². The molecule has 1 aliphatic rings. The zero-order valence-electron chi connectivity index (χ0n) is 16.6. The molecule has 2 amide bonds. The zero-order chi connectivity index (χ0) is 21.8. The van der Waals surface area contributed by atoms with Crippen molar-refractivity contribution in [2.45, 2.75) is 32.4 Å². The predicted molar refractivity (Wildman–Crippen MR) is 115 cm³/mol. The minimum atomic E-state index is -0.749. The molecule has 30 heavy (non-hydrogen) atoms. The molecule has 0 bridgehead atoms. The molecule has 1 saturated heterocycles. The van der Waals surface area contributed by atoms with Crippen LogP contribution < -0.4 is 10.6 Å². The number of hydrogen-bond acceptors (Lipinski definition) is 5. The highest BCUT2D eigenvalue weighted by molar-refractivity contribution is 8.15. The van der Waals surface area contributed by atoms with Crippen LogP contribution >= 0.6 is 11.8 Å². The first kappa shape index (κ1) is 21.6. The Morgan fingerprint density at radius 3 is 2.57 bits per heavy atom. The second kappa shape index (κ2) is 9.17. The van der Waals surface area contributed by atoms with Gasteiger partial charge in [-0.15, -0.1) is 5.10 Å². The van der Waals surface area contributed by atoms with E-state index in [1.54, 1.807) is 0 Å². The van der Waals surface area contributed by atoms with Crippen molar-refractivity contribution in [1.29, 1.82) is 0 Å². The number of rotatable bonds is 5. The lowest BCUT2D eigenvalue weighted by Crippen LogP contribution is -2.28. The molecule has 2 aromatic carbocycles. The van der Waals surface area contributed by atoms with Gasteiger partial charge in [-0.3, -0.25) is 9.59 Å². The lowest BCUT2D eigenvalue weighted by atomic mass is 10.1. The van der Waals surface area contributed by atoms with Gasteiger partial charge in [0.25, 0.3) is 0 Å². The number of halogens is 2. The summed E-state index contributed by atoms with van der Waals surface area (Å²) in [5.74, 6) is -2.07. The fraction of sp³-hybridized carbons (Fsp3) is 0.238. The summed E-state index contributed by atoms with van der Waals surface area (Å²) in [7, 11) is 0. The third-order valence-corrected chi connectivity index (χ3v) is 5.58. The van der Waals surface area contributed by atoms with Crippen LogP contribution in [-0.2, 0) is 9.59 Å². The Morgan fingerprint density at radius 1 is 1.20 bits per heavy atom. The van der Waals surface area contributed by atoms with Crippen molar-refractivity contribution in [3.05, 3.63) is 64.7 Å². The van der Waals surface area contributed by atoms with E-state index in [1.807, 2.05) is 32.0 Å². The van der Waals surface area contributed by atoms with Crippen LogP contribution in [0.4, 0.5) is 14.5 Å². The SMILES string of the molecule is C/C(=N/N=C1/NC(=O)[C@@H](CC(=O)Nc2c(C)cccc2C)S1)c1ccc(F)cc1F. The van der Waals surface area contributed by atoms with Gasteiger partial charge in [-0.05, 0) is 44.0 Å². The van der Waals surface area contributed by atoms with E-state index in [-0.39, 0.29) is 34.7 Å². The highest BCUT2D eigenvalue weighted by Crippen LogP contribution is 2.25. The number of anilines is 1. The lowest BCUT2D eigenvalue weighted by molar-refractivity contribution is -0.122. The smallest absolute Gasteiger partial charge is 0.240 e. The molecule has 0 saturated carbocycles. The summed E-state index contributed by atoms with van der Waals surface area (Å²) >= 11 is 1.08. The Hall–Kier alpha value is -3.07. The van der Waals surface area contributed by atoms with Crippen molar-refractivity contribution in [2.75, 3.05) is 5.32 Å². The van der Waals surface area contributed by atoms with Gasteiger partial charge in [-0.25, -0.2) is 8.78 Å². The molecule has 1 aliphatic heterocycles. The summed E-state index contributed by atoms with van der Waals surface area (Å²) in [5, 5.41) is 12.8. The van der Waals surface area contributed by atoms with E-state index < -0.39 is 16.9 Å². The lowest BCUT2D eigenvalue weighted by Gasteiger charge is -2.12. The molecule has 2 N–H and O–H groups in total. The van der Waals surface area contributed by atoms with Crippen molar-refractivity contribution in [3.63, 3.8) is 0 Å². The Kier molecular flexibility index (Phi) is 6.61. The van der Waals surface area contributed by atoms with E-state index in [9.17, 15) is 18.4 Å². The third kappa shape index (κ3) is 5.10. The molecular weight excluding hydrogens is 410 g/mol. The Labute approximate surface area is 176 Å². The van der Waals surface area contributed by atoms with Gasteiger partial charge in [0.1, 0.15) is 16.9 Å². The minimum Gasteiger partial charge on any atom is -0.326 e. The monoisotopic (exact) mass is 430 g/mol. The predicted octanol–water partition coefficient (Wildman–Crippen LogP) is 3.92. The molecule has 3 rings (SSSR count). The number of hydrogen-bond donors (Lipinski definition) is 2. The molecule has 6 nitrogen and oxygen atoms in total. The molecule has 0 aliphatic carbocycles. The number of nitrogens with one attached hydrogen (secondary N) is 2. The number of para-hydroxylation sites is 1. The van der Waals surface area contributed by atoms with E-state index >= 15 is 0 Å². The number of carbonyl (C=O) groups excluding carboxylic acids is 2. The standard InChI is InChI=1S/C21H20F2N4O2S/c1-11-5-4-6-12(2)19(11)24-18(28)10-17-20(29)25-21(30-17)27-26-13(3)15-8-7-14(22)9-16(15)23/h4-9,17H,10H2,1-3H3,(H,24,28)(H,25,27,29)/b26-13-/t17-/m1/s1. The molecule has 0 radical (unpaired) electrons. The molecule has 2 aromatic rings. The van der Waals surface area contributed by atoms with Crippen LogP contribution in [0.3, 0.4) is 0 Å². The maximum atomic E-state index is 13.8. The van der Waals surface area contributed by atoms with Crippen molar-refractivity contribution in [1.82, 2.24) is 5.32 Å². The van der Waals surface area contributed by atoms with Crippen molar-refractivity contribution < 1.29 is 18.4 Å². The average molecular weight is 430 g/mol. The Balaban J connectivity index is 1.65. The summed E-state index contributed by atoms with van der Waals surface area (Å²) < 4.78 is 26.8. The first-order chi connectivity index (χ1) is 14.2. The van der Waals surface area contributed by atoms with Gasteiger partial charge in [-0.1, -0.05) is 30.0 Å². The number of amidine groups is 1. The first-order valence-corrected chi connectivity index (χ1v) is 10.0. The van der Waals surface area contributed by atoms with Gasteiger partial charge >= 0.3 is 0 Å². The number of nitrogens with zero attached hydrogens (tertiary/aromatic N) is 2. The van der Waals surface area contributed by atoms with Crippen LogP contribution in [0.25, 0.3) is 0 Å². The van der Waals surface area contributed by atoms with Crippen molar-refractivity contribution in [2.24, 2.45) is 10.2 Å². The average Bonchev–Trinajstić information content (AvgIpc) is 3.02. The zero-order valence-corrected chi connectivity index (χ0v) is 17.4. The first-order valence-electron chi connectivity index (χ1n) is 9.16. The molecule has 0 spiro atoms. The number of amides is 2. The van der Waals surface area contributed by atoms with Crippen molar-refractivity contribution >= 4 is 40.1 Å². The van der Waals surface area contributed by atoms with Gasteiger partial charge in [0.2, 0.25) is 11.8 Å². The molecule has 1 fully saturated rings.